The maximum Gasteiger partial charge on any atom is 0.0644 e. The van der Waals surface area contributed by atoms with Crippen LogP contribution in [0.15, 0.2) is 30.6 Å². The fraction of sp³-hybridized carbons (Fsp3) is 0.462. The molecule has 0 spiro atoms. The first kappa shape index (κ1) is 11.8. The minimum Gasteiger partial charge on any atom is -0.378 e. The Bertz CT molecular complexity index is 280. The minimum absolute atomic E-state index is 1.02. The Morgan fingerprint density at radius 1 is 1.33 bits per heavy atom. The van der Waals surface area contributed by atoms with Crippen LogP contribution in [0.5, 0.6) is 0 Å². The van der Waals surface area contributed by atoms with E-state index < -0.39 is 0 Å². The first-order valence-corrected chi connectivity index (χ1v) is 5.70. The number of hydrogen-bond donors (Lipinski definition) is 0. The summed E-state index contributed by atoms with van der Waals surface area (Å²) in [5.74, 6) is 0. The molecule has 0 atom stereocenters. The molecule has 0 bridgehead atoms. The van der Waals surface area contributed by atoms with Gasteiger partial charge in [-0.3, -0.25) is 4.98 Å². The van der Waals surface area contributed by atoms with Crippen LogP contribution in [0.2, 0.25) is 0 Å². The molecular formula is C13H20N2. The second kappa shape index (κ2) is 7.04. The normalized spacial score (nSPS) is 10.8. The Balaban J connectivity index is 2.47. The lowest BCUT2D eigenvalue weighted by atomic mass is 10.3. The molecule has 2 heteroatoms. The molecule has 0 aliphatic carbocycles. The highest BCUT2D eigenvalue weighted by atomic mass is 15.1. The molecule has 0 unspecified atom stereocenters. The first-order valence-electron chi connectivity index (χ1n) is 5.70. The van der Waals surface area contributed by atoms with Crippen molar-refractivity contribution in [2.75, 3.05) is 13.1 Å². The molecule has 0 radical (unpaired) electrons. The first-order chi connectivity index (χ1) is 7.36. The molecule has 1 heterocycles. The summed E-state index contributed by atoms with van der Waals surface area (Å²) in [6.07, 6.45) is 8.52. The van der Waals surface area contributed by atoms with Gasteiger partial charge < -0.3 is 4.90 Å². The van der Waals surface area contributed by atoms with Gasteiger partial charge in [-0.25, -0.2) is 0 Å². The molecule has 0 amide bonds. The molecule has 0 N–H and O–H groups in total. The van der Waals surface area contributed by atoms with E-state index in [1.807, 2.05) is 24.4 Å². The lowest BCUT2D eigenvalue weighted by Crippen LogP contribution is -2.17. The number of hydrogen-bond acceptors (Lipinski definition) is 2. The molecule has 1 aromatic rings. The van der Waals surface area contributed by atoms with E-state index in [-0.39, 0.29) is 0 Å². The number of aromatic nitrogens is 1. The van der Waals surface area contributed by atoms with Crippen LogP contribution < -0.4 is 0 Å². The van der Waals surface area contributed by atoms with Gasteiger partial charge in [0.15, 0.2) is 0 Å². The second-order valence-corrected chi connectivity index (χ2v) is 3.55. The van der Waals surface area contributed by atoms with Gasteiger partial charge in [0.2, 0.25) is 0 Å². The van der Waals surface area contributed by atoms with Crippen molar-refractivity contribution in [2.45, 2.75) is 26.7 Å². The van der Waals surface area contributed by atoms with E-state index in [1.165, 1.54) is 12.8 Å². The van der Waals surface area contributed by atoms with Crippen molar-refractivity contribution in [3.63, 3.8) is 0 Å². The van der Waals surface area contributed by atoms with Crippen LogP contribution in [0, 0.1) is 0 Å². The molecule has 2 nitrogen and oxygen atoms in total. The van der Waals surface area contributed by atoms with Crippen molar-refractivity contribution in [3.8, 4) is 0 Å². The average Bonchev–Trinajstić information content (AvgIpc) is 2.31. The highest BCUT2D eigenvalue weighted by Crippen LogP contribution is 2.00. The van der Waals surface area contributed by atoms with Crippen LogP contribution in [0.3, 0.4) is 0 Å². The summed E-state index contributed by atoms with van der Waals surface area (Å²) in [6, 6.07) is 5.96. The Morgan fingerprint density at radius 2 is 2.20 bits per heavy atom. The van der Waals surface area contributed by atoms with Crippen molar-refractivity contribution >= 4 is 6.08 Å². The van der Waals surface area contributed by atoms with Crippen molar-refractivity contribution in [3.05, 3.63) is 36.3 Å². The minimum atomic E-state index is 1.02. The summed E-state index contributed by atoms with van der Waals surface area (Å²) >= 11 is 0. The van der Waals surface area contributed by atoms with Crippen molar-refractivity contribution in [2.24, 2.45) is 0 Å². The lowest BCUT2D eigenvalue weighted by molar-refractivity contribution is 0.389. The van der Waals surface area contributed by atoms with E-state index in [0.29, 0.717) is 0 Å². The molecule has 0 aliphatic heterocycles. The zero-order chi connectivity index (χ0) is 10.9. The molecule has 0 aromatic carbocycles. The van der Waals surface area contributed by atoms with Gasteiger partial charge in [-0.1, -0.05) is 19.4 Å². The fourth-order valence-electron chi connectivity index (χ4n) is 1.36. The SMILES string of the molecule is CCCCN(/C=C/c1ccccn1)CC. The number of unbranched alkanes of at least 4 members (excludes halogenated alkanes) is 1. The van der Waals surface area contributed by atoms with Crippen molar-refractivity contribution in [1.82, 2.24) is 9.88 Å². The Hall–Kier alpha value is -1.31. The number of nitrogens with zero attached hydrogens (tertiary/aromatic N) is 2. The van der Waals surface area contributed by atoms with Gasteiger partial charge in [-0.15, -0.1) is 0 Å². The predicted octanol–water partition coefficient (Wildman–Crippen LogP) is 3.17. The molecule has 0 aliphatic rings. The van der Waals surface area contributed by atoms with Gasteiger partial charge in [-0.2, -0.15) is 0 Å². The summed E-state index contributed by atoms with van der Waals surface area (Å²) < 4.78 is 0. The summed E-state index contributed by atoms with van der Waals surface area (Å²) in [6.45, 7) is 6.59. The highest BCUT2D eigenvalue weighted by Gasteiger charge is 1.94. The summed E-state index contributed by atoms with van der Waals surface area (Å²) in [4.78, 5) is 6.57. The zero-order valence-corrected chi connectivity index (χ0v) is 9.69. The van der Waals surface area contributed by atoms with Gasteiger partial charge in [0, 0.05) is 25.5 Å². The second-order valence-electron chi connectivity index (χ2n) is 3.55. The molecule has 1 aromatic heterocycles. The maximum atomic E-state index is 4.25. The third-order valence-electron chi connectivity index (χ3n) is 2.35. The quantitative estimate of drug-likeness (QED) is 0.707. The molecule has 82 valence electrons. The third-order valence-corrected chi connectivity index (χ3v) is 2.35. The van der Waals surface area contributed by atoms with Gasteiger partial charge in [-0.05, 0) is 31.6 Å². The summed E-state index contributed by atoms with van der Waals surface area (Å²) in [5.41, 5.74) is 1.02. The third kappa shape index (κ3) is 4.63. The Morgan fingerprint density at radius 3 is 2.80 bits per heavy atom. The van der Waals surface area contributed by atoms with Gasteiger partial charge in [0.25, 0.3) is 0 Å². The standard InChI is InChI=1S/C13H20N2/c1-3-5-11-15(4-2)12-9-13-8-6-7-10-14-13/h6-10,12H,3-5,11H2,1-2H3/b12-9+. The van der Waals surface area contributed by atoms with Crippen molar-refractivity contribution < 1.29 is 0 Å². The maximum absolute atomic E-state index is 4.25. The van der Waals surface area contributed by atoms with E-state index >= 15 is 0 Å². The topological polar surface area (TPSA) is 16.1 Å². The molecular weight excluding hydrogens is 184 g/mol. The van der Waals surface area contributed by atoms with Gasteiger partial charge in [0.05, 0.1) is 5.69 Å². The van der Waals surface area contributed by atoms with Crippen LogP contribution in [0.1, 0.15) is 32.4 Å². The van der Waals surface area contributed by atoms with Gasteiger partial charge >= 0.3 is 0 Å². The Labute approximate surface area is 92.6 Å². The smallest absolute Gasteiger partial charge is 0.0644 e. The molecule has 1 rings (SSSR count). The fourth-order valence-corrected chi connectivity index (χ4v) is 1.36. The molecule has 15 heavy (non-hydrogen) atoms. The Kier molecular flexibility index (Phi) is 5.52. The monoisotopic (exact) mass is 204 g/mol. The average molecular weight is 204 g/mol. The van der Waals surface area contributed by atoms with E-state index in [4.69, 9.17) is 0 Å². The van der Waals surface area contributed by atoms with Crippen LogP contribution in [-0.4, -0.2) is 23.0 Å². The summed E-state index contributed by atoms with van der Waals surface area (Å²) in [7, 11) is 0. The number of rotatable bonds is 6. The van der Waals surface area contributed by atoms with E-state index in [1.54, 1.807) is 0 Å². The lowest BCUT2D eigenvalue weighted by Gasteiger charge is -2.17. The zero-order valence-electron chi connectivity index (χ0n) is 9.69. The van der Waals surface area contributed by atoms with Crippen LogP contribution in [-0.2, 0) is 0 Å². The molecule has 0 saturated carbocycles. The number of pyridine rings is 1. The predicted molar refractivity (Wildman–Crippen MR) is 65.4 cm³/mol. The van der Waals surface area contributed by atoms with E-state index in [2.05, 4.69) is 36.0 Å². The van der Waals surface area contributed by atoms with E-state index in [9.17, 15) is 0 Å². The van der Waals surface area contributed by atoms with Crippen LogP contribution >= 0.6 is 0 Å². The van der Waals surface area contributed by atoms with Gasteiger partial charge in [0.1, 0.15) is 0 Å². The molecule has 0 saturated heterocycles. The summed E-state index contributed by atoms with van der Waals surface area (Å²) in [5, 5.41) is 0. The van der Waals surface area contributed by atoms with Crippen LogP contribution in [0.25, 0.3) is 6.08 Å². The van der Waals surface area contributed by atoms with Crippen LogP contribution in [0.4, 0.5) is 0 Å². The molecule has 0 fully saturated rings. The highest BCUT2D eigenvalue weighted by molar-refractivity contribution is 5.43. The van der Waals surface area contributed by atoms with E-state index in [0.717, 1.165) is 18.8 Å². The van der Waals surface area contributed by atoms with Crippen molar-refractivity contribution in [1.29, 1.82) is 0 Å². The largest absolute Gasteiger partial charge is 0.378 e.